The monoisotopic (exact) mass is 495 g/mol. The van der Waals surface area contributed by atoms with Crippen LogP contribution in [0, 0.1) is 24.2 Å². The molecule has 1 amide bonds. The number of amides is 1. The first-order valence-corrected chi connectivity index (χ1v) is 12.9. The van der Waals surface area contributed by atoms with Gasteiger partial charge in [-0.15, -0.1) is 0 Å². The van der Waals surface area contributed by atoms with Crippen LogP contribution in [-0.2, 0) is 4.74 Å². The van der Waals surface area contributed by atoms with Gasteiger partial charge in [0.2, 0.25) is 5.88 Å². The second-order valence-corrected chi connectivity index (χ2v) is 10.1. The number of allylic oxidation sites excluding steroid dienone is 2. The Labute approximate surface area is 215 Å². The van der Waals surface area contributed by atoms with Gasteiger partial charge in [-0.3, -0.25) is 4.98 Å². The van der Waals surface area contributed by atoms with Crippen molar-refractivity contribution in [2.75, 3.05) is 0 Å². The highest BCUT2D eigenvalue weighted by molar-refractivity contribution is 5.95. The van der Waals surface area contributed by atoms with E-state index >= 15 is 0 Å². The third kappa shape index (κ3) is 4.69. The number of aromatic nitrogens is 3. The number of fused-ring (bicyclic) bond motifs is 1. The number of rotatable bonds is 7. The second-order valence-electron chi connectivity index (χ2n) is 10.1. The van der Waals surface area contributed by atoms with E-state index in [0.29, 0.717) is 41.3 Å². The number of nitrogens with one attached hydrogen (secondary N) is 1. The van der Waals surface area contributed by atoms with Gasteiger partial charge >= 0.3 is 6.09 Å². The van der Waals surface area contributed by atoms with E-state index < -0.39 is 0 Å². The predicted octanol–water partition coefficient (Wildman–Crippen LogP) is 5.98. The van der Waals surface area contributed by atoms with E-state index in [2.05, 4.69) is 32.0 Å². The van der Waals surface area contributed by atoms with Crippen molar-refractivity contribution >= 4 is 22.6 Å². The molecule has 6 rings (SSSR count). The molecule has 3 aliphatic carbocycles. The van der Waals surface area contributed by atoms with E-state index in [1.54, 1.807) is 12.4 Å². The molecule has 188 valence electrons. The van der Waals surface area contributed by atoms with E-state index in [1.165, 1.54) is 0 Å². The van der Waals surface area contributed by atoms with E-state index in [0.717, 1.165) is 47.9 Å². The van der Waals surface area contributed by atoms with E-state index in [9.17, 15) is 10.1 Å². The quantitative estimate of drug-likeness (QED) is 0.433. The van der Waals surface area contributed by atoms with Crippen LogP contribution in [0.2, 0.25) is 0 Å². The fraction of sp³-hybridized carbons (Fsp3) is 0.379. The summed E-state index contributed by atoms with van der Waals surface area (Å²) in [6.45, 7) is 3.81. The van der Waals surface area contributed by atoms with Crippen molar-refractivity contribution < 1.29 is 14.3 Å². The summed E-state index contributed by atoms with van der Waals surface area (Å²) >= 11 is 0. The number of carbonyl (C=O) groups excluding carboxylic acids is 1. The van der Waals surface area contributed by atoms with Crippen LogP contribution in [0.1, 0.15) is 62.0 Å². The minimum Gasteiger partial charge on any atom is -0.446 e. The summed E-state index contributed by atoms with van der Waals surface area (Å²) in [5.41, 5.74) is 4.26. The zero-order valence-electron chi connectivity index (χ0n) is 21.0. The lowest BCUT2D eigenvalue weighted by Gasteiger charge is -2.20. The van der Waals surface area contributed by atoms with Crippen molar-refractivity contribution in [3.05, 3.63) is 65.8 Å². The summed E-state index contributed by atoms with van der Waals surface area (Å²) in [6.07, 6.45) is 14.0. The highest BCUT2D eigenvalue weighted by Crippen LogP contribution is 2.45. The second kappa shape index (κ2) is 9.40. The molecule has 0 aliphatic heterocycles. The van der Waals surface area contributed by atoms with Gasteiger partial charge < -0.3 is 19.4 Å². The minimum absolute atomic E-state index is 0.0437. The summed E-state index contributed by atoms with van der Waals surface area (Å²) in [4.78, 5) is 20.8. The van der Waals surface area contributed by atoms with Gasteiger partial charge in [0.05, 0.1) is 28.5 Å². The lowest BCUT2D eigenvalue weighted by atomic mass is 9.98. The number of carbonyl (C=O) groups is 1. The molecule has 0 spiro atoms. The molecule has 1 unspecified atom stereocenters. The Morgan fingerprint density at radius 2 is 2.03 bits per heavy atom. The first kappa shape index (κ1) is 23.3. The van der Waals surface area contributed by atoms with Gasteiger partial charge in [0.15, 0.2) is 0 Å². The molecule has 2 fully saturated rings. The Morgan fingerprint density at radius 3 is 2.70 bits per heavy atom. The van der Waals surface area contributed by atoms with Crippen LogP contribution in [0.3, 0.4) is 0 Å². The molecule has 8 heteroatoms. The molecule has 2 aromatic heterocycles. The Morgan fingerprint density at radius 1 is 1.22 bits per heavy atom. The number of nitriles is 1. The molecule has 8 nitrogen and oxygen atoms in total. The van der Waals surface area contributed by atoms with Gasteiger partial charge in [-0.2, -0.15) is 5.26 Å². The molecule has 3 aliphatic rings. The fourth-order valence-electron chi connectivity index (χ4n) is 4.99. The van der Waals surface area contributed by atoms with E-state index in [-0.39, 0.29) is 18.2 Å². The van der Waals surface area contributed by atoms with Crippen LogP contribution in [0.4, 0.5) is 4.79 Å². The lowest BCUT2D eigenvalue weighted by Crippen LogP contribution is -2.36. The number of hydrogen-bond donors (Lipinski definition) is 1. The topological polar surface area (TPSA) is 102 Å². The van der Waals surface area contributed by atoms with Crippen molar-refractivity contribution in [3.63, 3.8) is 0 Å². The molecule has 3 aromatic rings. The van der Waals surface area contributed by atoms with Gasteiger partial charge in [0.1, 0.15) is 17.9 Å². The molecule has 2 heterocycles. The number of hydrogen-bond acceptors (Lipinski definition) is 6. The highest BCUT2D eigenvalue weighted by Gasteiger charge is 2.33. The average Bonchev–Trinajstić information content (AvgIpc) is 3.82. The van der Waals surface area contributed by atoms with Gasteiger partial charge in [-0.1, -0.05) is 18.2 Å². The van der Waals surface area contributed by atoms with Crippen LogP contribution in [0.25, 0.3) is 16.5 Å². The summed E-state index contributed by atoms with van der Waals surface area (Å²) in [6, 6.07) is 8.47. The molecule has 2 atom stereocenters. The molecular formula is C29H29N5O3. The first-order valence-electron chi connectivity index (χ1n) is 12.9. The molecule has 0 saturated heterocycles. The van der Waals surface area contributed by atoms with Gasteiger partial charge in [0, 0.05) is 29.9 Å². The summed E-state index contributed by atoms with van der Waals surface area (Å²) < 4.78 is 13.8. The van der Waals surface area contributed by atoms with Crippen LogP contribution >= 0.6 is 0 Å². The third-order valence-electron chi connectivity index (χ3n) is 7.31. The van der Waals surface area contributed by atoms with Crippen LogP contribution in [-0.4, -0.2) is 32.8 Å². The number of alkyl carbamates (subject to hydrolysis) is 1. The third-order valence-corrected chi connectivity index (χ3v) is 7.31. The van der Waals surface area contributed by atoms with Crippen molar-refractivity contribution in [2.45, 2.75) is 64.1 Å². The lowest BCUT2D eigenvalue weighted by molar-refractivity contribution is 0.0938. The first-order chi connectivity index (χ1) is 18.0. The average molecular weight is 496 g/mol. The number of ether oxygens (including phenoxy) is 2. The molecule has 2 saturated carbocycles. The maximum atomic E-state index is 12.3. The molecule has 1 N–H and O–H groups in total. The zero-order chi connectivity index (χ0) is 25.5. The normalized spacial score (nSPS) is 19.7. The van der Waals surface area contributed by atoms with Gasteiger partial charge in [-0.25, -0.2) is 9.78 Å². The van der Waals surface area contributed by atoms with Crippen molar-refractivity contribution in [3.8, 4) is 17.7 Å². The van der Waals surface area contributed by atoms with Crippen molar-refractivity contribution in [1.82, 2.24) is 19.9 Å². The van der Waals surface area contributed by atoms with E-state index in [4.69, 9.17) is 9.47 Å². The SMILES string of the molecule is Cc1nccnc1Oc1ccc2c(C#N)c(C3=CCC(NC(=O)O[C@H](C)C4CC4)C=C3)n(C3CC3)c2c1. The summed E-state index contributed by atoms with van der Waals surface area (Å²) in [5.74, 6) is 1.62. The minimum atomic E-state index is -0.374. The van der Waals surface area contributed by atoms with Gasteiger partial charge in [0.25, 0.3) is 0 Å². The number of nitrogens with zero attached hydrogens (tertiary/aromatic N) is 4. The van der Waals surface area contributed by atoms with Crippen LogP contribution in [0.5, 0.6) is 11.6 Å². The number of aryl methyl sites for hydroxylation is 1. The Bertz CT molecular complexity index is 1470. The highest BCUT2D eigenvalue weighted by atomic mass is 16.6. The number of benzene rings is 1. The van der Waals surface area contributed by atoms with Crippen molar-refractivity contribution in [1.29, 1.82) is 5.26 Å². The van der Waals surface area contributed by atoms with Crippen LogP contribution < -0.4 is 10.1 Å². The fourth-order valence-corrected chi connectivity index (χ4v) is 4.99. The largest absolute Gasteiger partial charge is 0.446 e. The summed E-state index contributed by atoms with van der Waals surface area (Å²) in [7, 11) is 0. The Hall–Kier alpha value is -4.12. The smallest absolute Gasteiger partial charge is 0.407 e. The molecule has 0 bridgehead atoms. The predicted molar refractivity (Wildman–Crippen MR) is 139 cm³/mol. The van der Waals surface area contributed by atoms with E-state index in [1.807, 2.05) is 44.2 Å². The molecule has 1 aromatic carbocycles. The maximum absolute atomic E-state index is 12.3. The van der Waals surface area contributed by atoms with Gasteiger partial charge in [-0.05, 0) is 69.6 Å². The van der Waals surface area contributed by atoms with Crippen molar-refractivity contribution in [2.24, 2.45) is 5.92 Å². The standard InChI is InChI=1S/C29H29N5O3/c1-17-28(32-14-13-31-17)37-23-11-12-24-25(16-30)27(34(22-9-10-22)26(24)15-23)20-5-7-21(8-6-20)33-29(35)36-18(2)19-3-4-19/h5-7,11-15,18-19,21-22H,3-4,8-10H2,1-2H3,(H,33,35)/t18-,21?/m1/s1. The molecule has 37 heavy (non-hydrogen) atoms. The van der Waals surface area contributed by atoms with Crippen LogP contribution in [0.15, 0.2) is 48.8 Å². The maximum Gasteiger partial charge on any atom is 0.407 e. The summed E-state index contributed by atoms with van der Waals surface area (Å²) in [5, 5.41) is 14.0. The molecular weight excluding hydrogens is 466 g/mol. The zero-order valence-corrected chi connectivity index (χ0v) is 21.0. The Kier molecular flexibility index (Phi) is 5.91. The molecule has 0 radical (unpaired) electrons. The Balaban J connectivity index is 1.28.